The van der Waals surface area contributed by atoms with Crippen molar-refractivity contribution < 1.29 is 24.2 Å². The van der Waals surface area contributed by atoms with Gasteiger partial charge in [0, 0.05) is 10.6 Å². The maximum atomic E-state index is 13.2. The fraction of sp³-hybridized carbons (Fsp3) is 0.167. The lowest BCUT2D eigenvalue weighted by Gasteiger charge is -2.24. The third kappa shape index (κ3) is 3.86. The Kier molecular flexibility index (Phi) is 6.38. The summed E-state index contributed by atoms with van der Waals surface area (Å²) in [5, 5.41) is 13.3. The zero-order valence-electron chi connectivity index (χ0n) is 17.9. The van der Waals surface area contributed by atoms with E-state index in [-0.39, 0.29) is 32.7 Å². The van der Waals surface area contributed by atoms with Crippen molar-refractivity contribution in [2.45, 2.75) is 13.0 Å². The smallest absolute Gasteiger partial charge is 0.300 e. The third-order valence-corrected chi connectivity index (χ3v) is 6.91. The number of hydrogen-bond acceptors (Lipinski definition) is 6. The lowest BCUT2D eigenvalue weighted by molar-refractivity contribution is -0.132. The predicted molar refractivity (Wildman–Crippen MR) is 130 cm³/mol. The molecule has 1 amide bonds. The summed E-state index contributed by atoms with van der Waals surface area (Å²) in [6.07, 6.45) is 0. The zero-order chi connectivity index (χ0) is 23.9. The second kappa shape index (κ2) is 9.09. The van der Waals surface area contributed by atoms with E-state index in [1.54, 1.807) is 18.2 Å². The molecule has 0 radical (unpaired) electrons. The van der Waals surface area contributed by atoms with Gasteiger partial charge in [-0.1, -0.05) is 47.0 Å². The van der Waals surface area contributed by atoms with Crippen LogP contribution in [0.2, 0.25) is 10.0 Å². The molecule has 0 saturated carbocycles. The van der Waals surface area contributed by atoms with Crippen LogP contribution < -0.4 is 14.4 Å². The number of ketones is 1. The van der Waals surface area contributed by atoms with Gasteiger partial charge in [0.1, 0.15) is 16.8 Å². The topological polar surface area (TPSA) is 76.1 Å². The minimum Gasteiger partial charge on any atom is -0.507 e. The lowest BCUT2D eigenvalue weighted by atomic mass is 9.99. The number of benzene rings is 2. The van der Waals surface area contributed by atoms with Gasteiger partial charge in [0.05, 0.1) is 30.4 Å². The van der Waals surface area contributed by atoms with E-state index in [9.17, 15) is 14.7 Å². The normalized spacial score (nSPS) is 17.5. The van der Waals surface area contributed by atoms with Crippen LogP contribution in [0.25, 0.3) is 5.76 Å². The van der Waals surface area contributed by atoms with Crippen LogP contribution in [-0.4, -0.2) is 31.0 Å². The van der Waals surface area contributed by atoms with E-state index in [1.807, 2.05) is 30.5 Å². The molecule has 33 heavy (non-hydrogen) atoms. The molecule has 1 aliphatic rings. The van der Waals surface area contributed by atoms with Crippen LogP contribution in [0.4, 0.5) is 5.69 Å². The van der Waals surface area contributed by atoms with Gasteiger partial charge in [-0.25, -0.2) is 0 Å². The molecule has 6 nitrogen and oxygen atoms in total. The Hall–Kier alpha value is -3.00. The van der Waals surface area contributed by atoms with Gasteiger partial charge >= 0.3 is 0 Å². The van der Waals surface area contributed by atoms with Crippen molar-refractivity contribution in [2.75, 3.05) is 19.1 Å². The summed E-state index contributed by atoms with van der Waals surface area (Å²) in [5.74, 6) is -1.77. The Morgan fingerprint density at radius 1 is 1.06 bits per heavy atom. The number of methoxy groups -OCH3 is 2. The van der Waals surface area contributed by atoms with E-state index in [1.165, 1.54) is 36.5 Å². The largest absolute Gasteiger partial charge is 0.507 e. The number of anilines is 1. The van der Waals surface area contributed by atoms with E-state index < -0.39 is 23.5 Å². The Balaban J connectivity index is 1.98. The van der Waals surface area contributed by atoms with Crippen LogP contribution in [0.3, 0.4) is 0 Å². The summed E-state index contributed by atoms with van der Waals surface area (Å²) in [6.45, 7) is 1.93. The third-order valence-electron chi connectivity index (χ3n) is 5.36. The molecule has 1 aromatic heterocycles. The van der Waals surface area contributed by atoms with Gasteiger partial charge in [0.2, 0.25) is 0 Å². The number of carbonyl (C=O) groups is 2. The van der Waals surface area contributed by atoms with Gasteiger partial charge in [-0.2, -0.15) is 0 Å². The molecule has 0 spiro atoms. The van der Waals surface area contributed by atoms with Gasteiger partial charge in [0.25, 0.3) is 11.7 Å². The SMILES string of the molecule is COc1c(Cl)cc(/C(O)=C2/C(=O)C(=O)N(c3ccc(C)cc3)C2c2cccs2)c(OC)c1Cl. The lowest BCUT2D eigenvalue weighted by Crippen LogP contribution is -2.29. The number of thiophene rings is 1. The molecule has 2 aromatic carbocycles. The summed E-state index contributed by atoms with van der Waals surface area (Å²) in [6, 6.07) is 11.4. The van der Waals surface area contributed by atoms with Crippen LogP contribution in [0.15, 0.2) is 53.4 Å². The summed E-state index contributed by atoms with van der Waals surface area (Å²) in [7, 11) is 2.77. The van der Waals surface area contributed by atoms with E-state index in [0.29, 0.717) is 10.6 Å². The summed E-state index contributed by atoms with van der Waals surface area (Å²) >= 11 is 14.0. The molecule has 1 atom stereocenters. The highest BCUT2D eigenvalue weighted by Crippen LogP contribution is 2.48. The Morgan fingerprint density at radius 2 is 1.73 bits per heavy atom. The molecule has 9 heteroatoms. The average molecular weight is 504 g/mol. The molecule has 1 aliphatic heterocycles. The number of nitrogens with zero attached hydrogens (tertiary/aromatic N) is 1. The molecule has 0 aliphatic carbocycles. The number of aliphatic hydroxyl groups excluding tert-OH is 1. The van der Waals surface area contributed by atoms with Crippen LogP contribution in [0, 0.1) is 6.92 Å². The maximum Gasteiger partial charge on any atom is 0.300 e. The number of halogens is 2. The molecule has 3 aromatic rings. The molecule has 4 rings (SSSR count). The van der Waals surface area contributed by atoms with Crippen LogP contribution >= 0.6 is 34.5 Å². The molecule has 0 bridgehead atoms. The second-order valence-corrected chi connectivity index (χ2v) is 9.07. The highest BCUT2D eigenvalue weighted by molar-refractivity contribution is 7.10. The predicted octanol–water partition coefficient (Wildman–Crippen LogP) is 6.01. The quantitative estimate of drug-likeness (QED) is 0.262. The number of carbonyl (C=O) groups excluding carboxylic acids is 2. The highest BCUT2D eigenvalue weighted by atomic mass is 35.5. The Labute approximate surface area is 204 Å². The molecule has 1 saturated heterocycles. The summed E-state index contributed by atoms with van der Waals surface area (Å²) < 4.78 is 10.6. The molecule has 1 fully saturated rings. The standard InChI is InChI=1S/C24H19Cl2NO5S/c1-12-6-8-13(9-7-12)27-19(16-5-4-10-33-16)17(21(29)24(27)30)20(28)14-11-15(25)23(32-3)18(26)22(14)31-2/h4-11,19,28H,1-3H3/b20-17-. The van der Waals surface area contributed by atoms with E-state index in [0.717, 1.165) is 5.56 Å². The number of aliphatic hydroxyl groups is 1. The Bertz CT molecular complexity index is 1270. The first-order chi connectivity index (χ1) is 15.8. The number of ether oxygens (including phenoxy) is 2. The second-order valence-electron chi connectivity index (χ2n) is 7.31. The average Bonchev–Trinajstić information content (AvgIpc) is 3.41. The van der Waals surface area contributed by atoms with E-state index in [4.69, 9.17) is 32.7 Å². The fourth-order valence-corrected chi connectivity index (χ4v) is 5.32. The number of hydrogen-bond donors (Lipinski definition) is 1. The first kappa shape index (κ1) is 23.2. The highest BCUT2D eigenvalue weighted by Gasteiger charge is 2.47. The van der Waals surface area contributed by atoms with Crippen LogP contribution in [-0.2, 0) is 9.59 Å². The molecular weight excluding hydrogens is 485 g/mol. The van der Waals surface area contributed by atoms with Crippen molar-refractivity contribution in [3.05, 3.63) is 79.5 Å². The van der Waals surface area contributed by atoms with Gasteiger partial charge in [-0.05, 0) is 36.6 Å². The maximum absolute atomic E-state index is 13.2. The number of Topliss-reactive ketones (excluding diaryl/α,β-unsaturated/α-hetero) is 1. The Morgan fingerprint density at radius 3 is 2.30 bits per heavy atom. The first-order valence-electron chi connectivity index (χ1n) is 9.81. The van der Waals surface area contributed by atoms with Crippen molar-refractivity contribution in [1.82, 2.24) is 0 Å². The van der Waals surface area contributed by atoms with Crippen molar-refractivity contribution in [2.24, 2.45) is 0 Å². The summed E-state index contributed by atoms with van der Waals surface area (Å²) in [4.78, 5) is 28.5. The molecule has 1 unspecified atom stereocenters. The van der Waals surface area contributed by atoms with Crippen molar-refractivity contribution in [3.63, 3.8) is 0 Å². The number of aryl methyl sites for hydroxylation is 1. The van der Waals surface area contributed by atoms with E-state index in [2.05, 4.69) is 0 Å². The first-order valence-corrected chi connectivity index (χ1v) is 11.4. The van der Waals surface area contributed by atoms with Gasteiger partial charge in [0.15, 0.2) is 11.5 Å². The minimum atomic E-state index is -0.836. The zero-order valence-corrected chi connectivity index (χ0v) is 20.2. The monoisotopic (exact) mass is 503 g/mol. The molecule has 1 N–H and O–H groups in total. The van der Waals surface area contributed by atoms with E-state index >= 15 is 0 Å². The van der Waals surface area contributed by atoms with Crippen molar-refractivity contribution >= 4 is 57.7 Å². The van der Waals surface area contributed by atoms with Gasteiger partial charge in [-0.3, -0.25) is 14.5 Å². The van der Waals surface area contributed by atoms with Gasteiger partial charge < -0.3 is 14.6 Å². The number of rotatable bonds is 5. The van der Waals surface area contributed by atoms with Gasteiger partial charge in [-0.15, -0.1) is 11.3 Å². The van der Waals surface area contributed by atoms with Crippen LogP contribution in [0.1, 0.15) is 22.0 Å². The summed E-state index contributed by atoms with van der Waals surface area (Å²) in [5.41, 5.74) is 1.54. The molecule has 2 heterocycles. The van der Waals surface area contributed by atoms with Crippen LogP contribution in [0.5, 0.6) is 11.5 Å². The van der Waals surface area contributed by atoms with Crippen molar-refractivity contribution in [1.29, 1.82) is 0 Å². The number of amides is 1. The molecule has 170 valence electrons. The molecular formula is C24H19Cl2NO5S. The fourth-order valence-electron chi connectivity index (χ4n) is 3.81. The minimum absolute atomic E-state index is 0.0366. The van der Waals surface area contributed by atoms with Crippen molar-refractivity contribution in [3.8, 4) is 11.5 Å².